The van der Waals surface area contributed by atoms with Crippen molar-refractivity contribution in [1.29, 1.82) is 0 Å². The molecule has 0 saturated carbocycles. The number of carboxylic acid groups (broad SMARTS) is 1. The van der Waals surface area contributed by atoms with Crippen LogP contribution in [0.1, 0.15) is 149 Å². The van der Waals surface area contributed by atoms with Gasteiger partial charge in [-0.1, -0.05) is 163 Å². The van der Waals surface area contributed by atoms with Gasteiger partial charge in [-0.25, -0.2) is 0 Å². The number of carbonyl (C=O) groups is 3. The number of nitrogens with zero attached hydrogens (tertiary/aromatic N) is 1. The molecular formula is C48H79NO7. The van der Waals surface area contributed by atoms with E-state index in [1.165, 1.54) is 70.6 Å². The van der Waals surface area contributed by atoms with Crippen LogP contribution in [0.3, 0.4) is 0 Å². The Balaban J connectivity index is 4.42. The van der Waals surface area contributed by atoms with Crippen molar-refractivity contribution in [3.05, 3.63) is 85.1 Å². The Morgan fingerprint density at radius 2 is 1.02 bits per heavy atom. The van der Waals surface area contributed by atoms with Gasteiger partial charge in [0, 0.05) is 19.3 Å². The molecule has 0 fully saturated rings. The Bertz CT molecular complexity index is 1190. The van der Waals surface area contributed by atoms with Crippen molar-refractivity contribution in [1.82, 2.24) is 0 Å². The number of hydrogen-bond acceptors (Lipinski definition) is 7. The Kier molecular flexibility index (Phi) is 36.0. The molecule has 2 unspecified atom stereocenters. The number of esters is 2. The number of carboxylic acids is 1. The summed E-state index contributed by atoms with van der Waals surface area (Å²) in [6.45, 7) is 4.39. The van der Waals surface area contributed by atoms with Gasteiger partial charge in [0.2, 0.25) is 0 Å². The fourth-order valence-corrected chi connectivity index (χ4v) is 5.80. The van der Waals surface area contributed by atoms with Crippen molar-refractivity contribution in [2.24, 2.45) is 0 Å². The molecule has 0 aliphatic carbocycles. The van der Waals surface area contributed by atoms with E-state index in [1.54, 1.807) is 21.1 Å². The van der Waals surface area contributed by atoms with Crippen molar-refractivity contribution in [2.45, 2.75) is 161 Å². The number of rotatable bonds is 37. The SMILES string of the molecule is CC/C=C/C=C/C=C/C=C/C=C/CCCC(=O)OC(COCCC(C(=O)[O-])[N+](C)(C)C)COC(=O)CCCCCCCCCCCC/C=C/C=C/CCCCC. The van der Waals surface area contributed by atoms with E-state index in [9.17, 15) is 19.5 Å². The van der Waals surface area contributed by atoms with Crippen molar-refractivity contribution in [2.75, 3.05) is 41.0 Å². The minimum atomic E-state index is -1.14. The van der Waals surface area contributed by atoms with Gasteiger partial charge in [0.05, 0.1) is 40.3 Å². The van der Waals surface area contributed by atoms with Crippen LogP contribution in [0.5, 0.6) is 0 Å². The van der Waals surface area contributed by atoms with Gasteiger partial charge in [-0.2, -0.15) is 0 Å². The van der Waals surface area contributed by atoms with E-state index >= 15 is 0 Å². The van der Waals surface area contributed by atoms with E-state index in [0.717, 1.165) is 32.1 Å². The number of likely N-dealkylation sites (N-methyl/N-ethyl adjacent to an activating group) is 1. The average Bonchev–Trinajstić information content (AvgIpc) is 3.15. The van der Waals surface area contributed by atoms with Crippen LogP contribution >= 0.6 is 0 Å². The number of ether oxygens (including phenoxy) is 3. The number of quaternary nitrogens is 1. The molecule has 0 aromatic carbocycles. The summed E-state index contributed by atoms with van der Waals surface area (Å²) in [6.07, 6.45) is 49.1. The molecule has 8 heteroatoms. The van der Waals surface area contributed by atoms with Crippen molar-refractivity contribution in [3.63, 3.8) is 0 Å². The topological polar surface area (TPSA) is 102 Å². The molecule has 0 aliphatic heterocycles. The minimum Gasteiger partial charge on any atom is -0.544 e. The highest BCUT2D eigenvalue weighted by atomic mass is 16.6. The molecule has 0 amide bonds. The van der Waals surface area contributed by atoms with E-state index in [-0.39, 0.29) is 43.1 Å². The third kappa shape index (κ3) is 36.2. The largest absolute Gasteiger partial charge is 0.544 e. The first kappa shape index (κ1) is 52.5. The fraction of sp³-hybridized carbons (Fsp3) is 0.646. The summed E-state index contributed by atoms with van der Waals surface area (Å²) in [4.78, 5) is 36.8. The predicted molar refractivity (Wildman–Crippen MR) is 231 cm³/mol. The Morgan fingerprint density at radius 1 is 0.554 bits per heavy atom. The van der Waals surface area contributed by atoms with E-state index in [2.05, 4.69) is 44.2 Å². The Hall–Kier alpha value is -3.49. The van der Waals surface area contributed by atoms with Gasteiger partial charge in [0.15, 0.2) is 6.10 Å². The van der Waals surface area contributed by atoms with Crippen LogP contribution < -0.4 is 5.11 Å². The molecule has 0 saturated heterocycles. The molecule has 2 atom stereocenters. The van der Waals surface area contributed by atoms with E-state index in [1.807, 2.05) is 54.7 Å². The highest BCUT2D eigenvalue weighted by Gasteiger charge is 2.25. The summed E-state index contributed by atoms with van der Waals surface area (Å²) in [5, 5.41) is 11.6. The van der Waals surface area contributed by atoms with E-state index in [4.69, 9.17) is 14.2 Å². The standard InChI is InChI=1S/C48H79NO7/c1-6-8-10-12-14-16-18-20-21-22-23-24-25-27-28-30-32-34-36-38-46(50)55-43-44(42-54-41-40-45(48(52)53)49(3,4)5)56-47(51)39-37-35-33-31-29-26-19-17-15-13-11-9-7-2/h9,11,13-20,26,29,31,33,44-45H,6-8,10,12,21-25,27-28,30,32,34-43H2,1-5H3/b11-9+,15-13+,16-14+,19-17+,20-18+,29-26+,33-31+. The van der Waals surface area contributed by atoms with E-state index in [0.29, 0.717) is 19.3 Å². The second-order valence-electron chi connectivity index (χ2n) is 15.3. The predicted octanol–water partition coefficient (Wildman–Crippen LogP) is 10.4. The van der Waals surface area contributed by atoms with Crippen LogP contribution in [0, 0.1) is 0 Å². The number of hydrogen-bond donors (Lipinski definition) is 0. The van der Waals surface area contributed by atoms with Gasteiger partial charge >= 0.3 is 11.9 Å². The first-order valence-electron chi connectivity index (χ1n) is 21.7. The zero-order chi connectivity index (χ0) is 41.4. The molecule has 0 rings (SSSR count). The summed E-state index contributed by atoms with van der Waals surface area (Å²) >= 11 is 0. The van der Waals surface area contributed by atoms with Crippen molar-refractivity contribution in [3.8, 4) is 0 Å². The fourth-order valence-electron chi connectivity index (χ4n) is 5.80. The zero-order valence-corrected chi connectivity index (χ0v) is 36.0. The molecular weight excluding hydrogens is 703 g/mol. The molecule has 318 valence electrons. The minimum absolute atomic E-state index is 0.00608. The normalized spacial score (nSPS) is 13.8. The van der Waals surface area contributed by atoms with Crippen LogP contribution in [-0.2, 0) is 28.6 Å². The van der Waals surface area contributed by atoms with Crippen molar-refractivity contribution >= 4 is 17.9 Å². The molecule has 0 aliphatic rings. The van der Waals surface area contributed by atoms with Crippen molar-refractivity contribution < 1.29 is 38.2 Å². The monoisotopic (exact) mass is 782 g/mol. The van der Waals surface area contributed by atoms with E-state index < -0.39 is 24.1 Å². The molecule has 0 spiro atoms. The summed E-state index contributed by atoms with van der Waals surface area (Å²) < 4.78 is 17.1. The second kappa shape index (κ2) is 38.4. The number of carbonyl (C=O) groups excluding carboxylic acids is 3. The Labute approximate surface area is 342 Å². The molecule has 0 bridgehead atoms. The molecule has 0 heterocycles. The van der Waals surface area contributed by atoms with Gasteiger partial charge in [-0.05, 0) is 51.4 Å². The number of aliphatic carboxylic acids is 1. The third-order valence-electron chi connectivity index (χ3n) is 9.17. The van der Waals surface area contributed by atoms with Gasteiger partial charge in [0.1, 0.15) is 12.6 Å². The lowest BCUT2D eigenvalue weighted by molar-refractivity contribution is -0.889. The zero-order valence-electron chi connectivity index (χ0n) is 36.0. The molecule has 56 heavy (non-hydrogen) atoms. The number of allylic oxidation sites excluding steroid dienone is 14. The summed E-state index contributed by atoms with van der Waals surface area (Å²) in [5.74, 6) is -1.85. The summed E-state index contributed by atoms with van der Waals surface area (Å²) in [5.41, 5.74) is 0. The third-order valence-corrected chi connectivity index (χ3v) is 9.17. The summed E-state index contributed by atoms with van der Waals surface area (Å²) in [6, 6.07) is -0.743. The second-order valence-corrected chi connectivity index (χ2v) is 15.3. The quantitative estimate of drug-likeness (QED) is 0.0268. The van der Waals surface area contributed by atoms with Gasteiger partial charge in [-0.3, -0.25) is 9.59 Å². The first-order chi connectivity index (χ1) is 27.1. The maximum atomic E-state index is 12.7. The molecule has 8 nitrogen and oxygen atoms in total. The lowest BCUT2D eigenvalue weighted by Gasteiger charge is -2.34. The highest BCUT2D eigenvalue weighted by Crippen LogP contribution is 2.13. The molecule has 0 N–H and O–H groups in total. The molecule has 0 aromatic heterocycles. The van der Waals surface area contributed by atoms with Crippen LogP contribution in [0.25, 0.3) is 0 Å². The number of unbranched alkanes of at least 4 members (excludes halogenated alkanes) is 14. The lowest BCUT2D eigenvalue weighted by Crippen LogP contribution is -2.55. The molecule has 0 radical (unpaired) electrons. The van der Waals surface area contributed by atoms with Gasteiger partial charge in [0.25, 0.3) is 0 Å². The maximum Gasteiger partial charge on any atom is 0.306 e. The van der Waals surface area contributed by atoms with Crippen LogP contribution in [-0.4, -0.2) is 75.5 Å². The lowest BCUT2D eigenvalue weighted by atomic mass is 10.1. The van der Waals surface area contributed by atoms with Crippen LogP contribution in [0.15, 0.2) is 85.1 Å². The highest BCUT2D eigenvalue weighted by molar-refractivity contribution is 5.70. The molecule has 0 aromatic rings. The Morgan fingerprint density at radius 3 is 1.55 bits per heavy atom. The maximum absolute atomic E-state index is 12.7. The van der Waals surface area contributed by atoms with Crippen LogP contribution in [0.2, 0.25) is 0 Å². The van der Waals surface area contributed by atoms with Gasteiger partial charge in [-0.15, -0.1) is 0 Å². The summed E-state index contributed by atoms with van der Waals surface area (Å²) in [7, 11) is 5.37. The smallest absolute Gasteiger partial charge is 0.306 e. The first-order valence-corrected chi connectivity index (χ1v) is 21.7. The van der Waals surface area contributed by atoms with Crippen LogP contribution in [0.4, 0.5) is 0 Å². The average molecular weight is 782 g/mol. The van der Waals surface area contributed by atoms with Gasteiger partial charge < -0.3 is 28.6 Å².